The van der Waals surface area contributed by atoms with Gasteiger partial charge in [-0.2, -0.15) is 10.1 Å². The third-order valence-electron chi connectivity index (χ3n) is 4.81. The molecule has 1 N–H and O–H groups in total. The lowest BCUT2D eigenvalue weighted by atomic mass is 9.84. The Morgan fingerprint density at radius 2 is 1.96 bits per heavy atom. The van der Waals surface area contributed by atoms with Gasteiger partial charge in [0.05, 0.1) is 17.5 Å². The van der Waals surface area contributed by atoms with Gasteiger partial charge < -0.3 is 9.42 Å². The maximum atomic E-state index is 13.2. The molecule has 0 fully saturated rings. The van der Waals surface area contributed by atoms with E-state index in [0.717, 1.165) is 16.8 Å². The summed E-state index contributed by atoms with van der Waals surface area (Å²) < 4.78 is 5.39. The van der Waals surface area contributed by atoms with Crippen LogP contribution in [0.3, 0.4) is 0 Å². The fourth-order valence-corrected chi connectivity index (χ4v) is 3.34. The monoisotopic (exact) mass is 363 g/mol. The number of aryl methyl sites for hydroxylation is 2. The summed E-state index contributed by atoms with van der Waals surface area (Å²) in [4.78, 5) is 19.3. The lowest BCUT2D eigenvalue weighted by Crippen LogP contribution is -2.36. The molecule has 27 heavy (non-hydrogen) atoms. The van der Waals surface area contributed by atoms with Crippen LogP contribution in [0, 0.1) is 13.8 Å². The first-order valence-corrected chi connectivity index (χ1v) is 8.79. The van der Waals surface area contributed by atoms with Crippen LogP contribution in [0.2, 0.25) is 0 Å². The summed E-state index contributed by atoms with van der Waals surface area (Å²) in [6, 6.07) is 7.57. The summed E-state index contributed by atoms with van der Waals surface area (Å²) in [7, 11) is 0. The second kappa shape index (κ2) is 6.19. The van der Waals surface area contributed by atoms with E-state index in [1.54, 1.807) is 24.2 Å². The number of fused-ring (bicyclic) bond motifs is 1. The second-order valence-electron chi connectivity index (χ2n) is 7.53. The van der Waals surface area contributed by atoms with Gasteiger partial charge in [-0.15, -0.1) is 0 Å². The zero-order valence-electron chi connectivity index (χ0n) is 15.8. The molecule has 0 spiro atoms. The fourth-order valence-electron chi connectivity index (χ4n) is 3.34. The molecule has 7 heteroatoms. The molecule has 2 aromatic heterocycles. The molecule has 3 heterocycles. The van der Waals surface area contributed by atoms with E-state index in [-0.39, 0.29) is 11.3 Å². The SMILES string of the molecule is Cc1ccc(C(=O)N2C=C(c3nc(C)no3)c3[nH]ncc3C(C)(C)C2)cc1. The maximum absolute atomic E-state index is 13.2. The van der Waals surface area contributed by atoms with Crippen LogP contribution >= 0.6 is 0 Å². The Bertz CT molecular complexity index is 1030. The molecule has 0 aliphatic carbocycles. The van der Waals surface area contributed by atoms with E-state index in [9.17, 15) is 4.79 Å². The predicted molar refractivity (Wildman–Crippen MR) is 99.9 cm³/mol. The molecule has 138 valence electrons. The third-order valence-corrected chi connectivity index (χ3v) is 4.81. The number of aromatic amines is 1. The Kier molecular flexibility index (Phi) is 3.95. The van der Waals surface area contributed by atoms with Crippen LogP contribution in [-0.4, -0.2) is 37.7 Å². The van der Waals surface area contributed by atoms with Crippen LogP contribution in [0.15, 0.2) is 41.2 Å². The van der Waals surface area contributed by atoms with Crippen molar-refractivity contribution in [3.8, 4) is 0 Å². The zero-order valence-corrected chi connectivity index (χ0v) is 15.8. The van der Waals surface area contributed by atoms with Gasteiger partial charge in [-0.05, 0) is 26.0 Å². The Hall–Kier alpha value is -3.22. The minimum absolute atomic E-state index is 0.0741. The first kappa shape index (κ1) is 17.2. The first-order valence-electron chi connectivity index (χ1n) is 8.79. The average molecular weight is 363 g/mol. The van der Waals surface area contributed by atoms with Gasteiger partial charge in [-0.1, -0.05) is 36.7 Å². The summed E-state index contributed by atoms with van der Waals surface area (Å²) in [5, 5.41) is 11.1. The van der Waals surface area contributed by atoms with E-state index in [4.69, 9.17) is 4.52 Å². The number of carbonyl (C=O) groups excluding carboxylic acids is 1. The molecule has 0 atom stereocenters. The predicted octanol–water partition coefficient (Wildman–Crippen LogP) is 3.23. The molecule has 1 aromatic carbocycles. The van der Waals surface area contributed by atoms with Gasteiger partial charge in [0.15, 0.2) is 5.82 Å². The molecule has 1 amide bonds. The standard InChI is InChI=1S/C20H21N5O2/c1-12-5-7-14(8-6-12)19(26)25-10-15(18-22-13(2)24-27-18)17-16(9-21-23-17)20(3,4)11-25/h5-10H,11H2,1-4H3,(H,21,23). The highest BCUT2D eigenvalue weighted by Crippen LogP contribution is 2.36. The van der Waals surface area contributed by atoms with E-state index in [1.807, 2.05) is 31.2 Å². The number of benzene rings is 1. The summed E-state index contributed by atoms with van der Waals surface area (Å²) >= 11 is 0. The highest BCUT2D eigenvalue weighted by Gasteiger charge is 2.35. The third kappa shape index (κ3) is 3.05. The molecule has 4 rings (SSSR count). The molecular weight excluding hydrogens is 342 g/mol. The molecule has 0 radical (unpaired) electrons. The van der Waals surface area contributed by atoms with Crippen molar-refractivity contribution in [1.29, 1.82) is 0 Å². The van der Waals surface area contributed by atoms with Crippen LogP contribution < -0.4 is 0 Å². The lowest BCUT2D eigenvalue weighted by Gasteiger charge is -2.28. The normalized spacial score (nSPS) is 15.9. The van der Waals surface area contributed by atoms with Crippen molar-refractivity contribution in [3.63, 3.8) is 0 Å². The van der Waals surface area contributed by atoms with Crippen molar-refractivity contribution >= 4 is 11.5 Å². The van der Waals surface area contributed by atoms with Crippen LogP contribution in [0.1, 0.15) is 52.7 Å². The van der Waals surface area contributed by atoms with Gasteiger partial charge >= 0.3 is 0 Å². The minimum Gasteiger partial charge on any atom is -0.334 e. The van der Waals surface area contributed by atoms with Gasteiger partial charge in [0.25, 0.3) is 11.8 Å². The van der Waals surface area contributed by atoms with Crippen LogP contribution in [0.5, 0.6) is 0 Å². The van der Waals surface area contributed by atoms with Crippen molar-refractivity contribution in [2.24, 2.45) is 0 Å². The Labute approximate surface area is 157 Å². The molecule has 0 unspecified atom stereocenters. The number of carbonyl (C=O) groups is 1. The molecule has 0 bridgehead atoms. The number of aromatic nitrogens is 4. The number of amides is 1. The molecule has 0 saturated heterocycles. The van der Waals surface area contributed by atoms with E-state index in [2.05, 4.69) is 34.2 Å². The van der Waals surface area contributed by atoms with E-state index in [1.165, 1.54) is 0 Å². The number of rotatable bonds is 2. The minimum atomic E-state index is -0.310. The summed E-state index contributed by atoms with van der Waals surface area (Å²) in [6.45, 7) is 8.44. The van der Waals surface area contributed by atoms with Gasteiger partial charge in [0, 0.05) is 29.3 Å². The average Bonchev–Trinajstić information content (AvgIpc) is 3.26. The topological polar surface area (TPSA) is 87.9 Å². The number of nitrogens with zero attached hydrogens (tertiary/aromatic N) is 4. The number of nitrogens with one attached hydrogen (secondary N) is 1. The van der Waals surface area contributed by atoms with Crippen molar-refractivity contribution in [1.82, 2.24) is 25.2 Å². The van der Waals surface area contributed by atoms with Crippen LogP contribution in [0.25, 0.3) is 5.57 Å². The van der Waals surface area contributed by atoms with E-state index >= 15 is 0 Å². The number of hydrogen-bond donors (Lipinski definition) is 1. The Balaban J connectivity index is 1.83. The van der Waals surface area contributed by atoms with Crippen LogP contribution in [-0.2, 0) is 5.41 Å². The summed E-state index contributed by atoms with van der Waals surface area (Å²) in [6.07, 6.45) is 3.58. The summed E-state index contributed by atoms with van der Waals surface area (Å²) in [5.41, 5.74) is 3.90. The number of H-pyrrole nitrogens is 1. The summed E-state index contributed by atoms with van der Waals surface area (Å²) in [5.74, 6) is 0.819. The molecule has 7 nitrogen and oxygen atoms in total. The molecule has 0 saturated carbocycles. The van der Waals surface area contributed by atoms with Crippen molar-refractivity contribution in [2.75, 3.05) is 6.54 Å². The largest absolute Gasteiger partial charge is 0.334 e. The van der Waals surface area contributed by atoms with Crippen molar-refractivity contribution in [2.45, 2.75) is 33.1 Å². The van der Waals surface area contributed by atoms with Gasteiger partial charge in [0.1, 0.15) is 0 Å². The highest BCUT2D eigenvalue weighted by atomic mass is 16.5. The van der Waals surface area contributed by atoms with Crippen molar-refractivity contribution in [3.05, 3.63) is 70.8 Å². The smallest absolute Gasteiger partial charge is 0.261 e. The molecule has 1 aliphatic heterocycles. The van der Waals surface area contributed by atoms with Gasteiger partial charge in [-0.3, -0.25) is 9.89 Å². The van der Waals surface area contributed by atoms with E-state index in [0.29, 0.717) is 29.4 Å². The molecule has 1 aliphatic rings. The second-order valence-corrected chi connectivity index (χ2v) is 7.53. The highest BCUT2D eigenvalue weighted by molar-refractivity contribution is 5.96. The van der Waals surface area contributed by atoms with Gasteiger partial charge in [-0.25, -0.2) is 0 Å². The molecule has 3 aromatic rings. The quantitative estimate of drug-likeness (QED) is 0.755. The maximum Gasteiger partial charge on any atom is 0.261 e. The van der Waals surface area contributed by atoms with Crippen LogP contribution in [0.4, 0.5) is 0 Å². The van der Waals surface area contributed by atoms with Gasteiger partial charge in [0.2, 0.25) is 0 Å². The van der Waals surface area contributed by atoms with Crippen molar-refractivity contribution < 1.29 is 9.32 Å². The molecular formula is C20H21N5O2. The fraction of sp³-hybridized carbons (Fsp3) is 0.300. The Morgan fingerprint density at radius 1 is 1.22 bits per heavy atom. The number of hydrogen-bond acceptors (Lipinski definition) is 5. The zero-order chi connectivity index (χ0) is 19.2. The van der Waals surface area contributed by atoms with E-state index < -0.39 is 0 Å². The first-order chi connectivity index (χ1) is 12.8. The Morgan fingerprint density at radius 3 is 2.63 bits per heavy atom. The lowest BCUT2D eigenvalue weighted by molar-refractivity contribution is 0.0800.